The van der Waals surface area contributed by atoms with Crippen molar-refractivity contribution >= 4 is 5.97 Å². The van der Waals surface area contributed by atoms with Crippen molar-refractivity contribution in [2.75, 3.05) is 53.0 Å². The molecule has 1 saturated heterocycles. The fourth-order valence-corrected chi connectivity index (χ4v) is 2.08. The number of aliphatic hydroxyl groups excluding tert-OH is 1. The summed E-state index contributed by atoms with van der Waals surface area (Å²) in [7, 11) is 1.42. The van der Waals surface area contributed by atoms with Gasteiger partial charge in [-0.25, -0.2) is 4.79 Å². The molecule has 0 atom stereocenters. The molecule has 0 aromatic heterocycles. The Morgan fingerprint density at radius 1 is 1.28 bits per heavy atom. The molecule has 18 heavy (non-hydrogen) atoms. The Hall–Kier alpha value is -0.910. The van der Waals surface area contributed by atoms with Gasteiger partial charge in [0.05, 0.1) is 13.7 Å². The van der Waals surface area contributed by atoms with Crippen molar-refractivity contribution in [1.29, 1.82) is 0 Å². The van der Waals surface area contributed by atoms with E-state index in [4.69, 9.17) is 9.84 Å². The Morgan fingerprint density at radius 2 is 1.89 bits per heavy atom. The van der Waals surface area contributed by atoms with Crippen LogP contribution in [0.4, 0.5) is 0 Å². The van der Waals surface area contributed by atoms with Crippen LogP contribution in [-0.2, 0) is 9.53 Å². The van der Waals surface area contributed by atoms with E-state index in [1.807, 2.05) is 13.0 Å². The molecule has 0 bridgehead atoms. The zero-order valence-electron chi connectivity index (χ0n) is 11.4. The van der Waals surface area contributed by atoms with Crippen molar-refractivity contribution in [2.45, 2.75) is 13.3 Å². The predicted octanol–water partition coefficient (Wildman–Crippen LogP) is 0.106. The highest BCUT2D eigenvalue weighted by Gasteiger charge is 2.15. The SMILES string of the molecule is CCC(=CCN1CCN(CCO)CC1)C(=O)OC. The molecule has 1 rings (SSSR count). The van der Waals surface area contributed by atoms with Gasteiger partial charge in [-0.2, -0.15) is 0 Å². The summed E-state index contributed by atoms with van der Waals surface area (Å²) in [5.74, 6) is -0.226. The van der Waals surface area contributed by atoms with E-state index >= 15 is 0 Å². The van der Waals surface area contributed by atoms with Crippen molar-refractivity contribution < 1.29 is 14.6 Å². The lowest BCUT2D eigenvalue weighted by molar-refractivity contribution is -0.136. The van der Waals surface area contributed by atoms with Crippen LogP contribution in [0.5, 0.6) is 0 Å². The number of hydrogen-bond donors (Lipinski definition) is 1. The van der Waals surface area contributed by atoms with Gasteiger partial charge in [0.1, 0.15) is 0 Å². The van der Waals surface area contributed by atoms with Crippen molar-refractivity contribution in [3.63, 3.8) is 0 Å². The minimum atomic E-state index is -0.226. The Balaban J connectivity index is 2.36. The second-order valence-electron chi connectivity index (χ2n) is 4.44. The number of hydrogen-bond acceptors (Lipinski definition) is 5. The highest BCUT2D eigenvalue weighted by Crippen LogP contribution is 2.06. The molecular weight excluding hydrogens is 232 g/mol. The number of piperazine rings is 1. The highest BCUT2D eigenvalue weighted by molar-refractivity contribution is 5.88. The lowest BCUT2D eigenvalue weighted by atomic mass is 10.2. The van der Waals surface area contributed by atoms with Gasteiger partial charge < -0.3 is 9.84 Å². The van der Waals surface area contributed by atoms with Crippen LogP contribution in [0.25, 0.3) is 0 Å². The summed E-state index contributed by atoms with van der Waals surface area (Å²) >= 11 is 0. The topological polar surface area (TPSA) is 53.0 Å². The van der Waals surface area contributed by atoms with Gasteiger partial charge >= 0.3 is 5.97 Å². The fraction of sp³-hybridized carbons (Fsp3) is 0.769. The smallest absolute Gasteiger partial charge is 0.333 e. The average molecular weight is 256 g/mol. The maximum Gasteiger partial charge on any atom is 0.333 e. The second kappa shape index (κ2) is 8.24. The zero-order valence-corrected chi connectivity index (χ0v) is 11.4. The highest BCUT2D eigenvalue weighted by atomic mass is 16.5. The fourth-order valence-electron chi connectivity index (χ4n) is 2.08. The minimum absolute atomic E-state index is 0.224. The van der Waals surface area contributed by atoms with Crippen LogP contribution in [-0.4, -0.2) is 73.9 Å². The summed E-state index contributed by atoms with van der Waals surface area (Å²) in [6, 6.07) is 0. The number of methoxy groups -OCH3 is 1. The maximum absolute atomic E-state index is 11.4. The first-order valence-corrected chi connectivity index (χ1v) is 6.54. The van der Waals surface area contributed by atoms with Crippen LogP contribution in [0.1, 0.15) is 13.3 Å². The second-order valence-corrected chi connectivity index (χ2v) is 4.44. The molecule has 0 spiro atoms. The Morgan fingerprint density at radius 3 is 2.39 bits per heavy atom. The summed E-state index contributed by atoms with van der Waals surface area (Å²) in [4.78, 5) is 16.0. The third-order valence-electron chi connectivity index (χ3n) is 3.31. The largest absolute Gasteiger partial charge is 0.466 e. The zero-order chi connectivity index (χ0) is 13.4. The monoisotopic (exact) mass is 256 g/mol. The number of carbonyl (C=O) groups is 1. The molecule has 5 nitrogen and oxygen atoms in total. The van der Waals surface area contributed by atoms with Crippen LogP contribution in [0.2, 0.25) is 0 Å². The number of ether oxygens (including phenoxy) is 1. The maximum atomic E-state index is 11.4. The van der Waals surface area contributed by atoms with Crippen molar-refractivity contribution in [3.05, 3.63) is 11.6 Å². The van der Waals surface area contributed by atoms with Crippen LogP contribution in [0.15, 0.2) is 11.6 Å². The molecule has 0 aromatic rings. The number of carbonyl (C=O) groups excluding carboxylic acids is 1. The molecule has 1 heterocycles. The molecule has 1 aliphatic rings. The van der Waals surface area contributed by atoms with Crippen LogP contribution >= 0.6 is 0 Å². The molecule has 5 heteroatoms. The minimum Gasteiger partial charge on any atom is -0.466 e. The molecule has 0 unspecified atom stereocenters. The number of nitrogens with zero attached hydrogens (tertiary/aromatic N) is 2. The molecule has 0 aliphatic carbocycles. The molecule has 104 valence electrons. The normalized spacial score (nSPS) is 18.9. The lowest BCUT2D eigenvalue weighted by Crippen LogP contribution is -2.47. The van der Waals surface area contributed by atoms with Crippen molar-refractivity contribution in [2.24, 2.45) is 0 Å². The summed E-state index contributed by atoms with van der Waals surface area (Å²) in [5, 5.41) is 8.86. The molecular formula is C13H24N2O3. The van der Waals surface area contributed by atoms with E-state index in [2.05, 4.69) is 9.80 Å². The van der Waals surface area contributed by atoms with Crippen LogP contribution in [0.3, 0.4) is 0 Å². The lowest BCUT2D eigenvalue weighted by Gasteiger charge is -2.33. The summed E-state index contributed by atoms with van der Waals surface area (Å²) in [6.45, 7) is 7.66. The van der Waals surface area contributed by atoms with Gasteiger partial charge in [0.15, 0.2) is 0 Å². The summed E-state index contributed by atoms with van der Waals surface area (Å²) < 4.78 is 4.73. The summed E-state index contributed by atoms with van der Waals surface area (Å²) in [5.41, 5.74) is 0.746. The predicted molar refractivity (Wildman–Crippen MR) is 70.4 cm³/mol. The number of aliphatic hydroxyl groups is 1. The Bertz CT molecular complexity index is 284. The quantitative estimate of drug-likeness (QED) is 0.540. The molecule has 0 radical (unpaired) electrons. The first-order chi connectivity index (χ1) is 8.71. The van der Waals surface area contributed by atoms with E-state index in [-0.39, 0.29) is 12.6 Å². The molecule has 1 fully saturated rings. The third kappa shape index (κ3) is 4.76. The van der Waals surface area contributed by atoms with E-state index in [9.17, 15) is 4.79 Å². The van der Waals surface area contributed by atoms with Gasteiger partial charge in [0.2, 0.25) is 0 Å². The van der Waals surface area contributed by atoms with E-state index in [0.717, 1.165) is 44.8 Å². The van der Waals surface area contributed by atoms with Gasteiger partial charge in [-0.15, -0.1) is 0 Å². The molecule has 1 N–H and O–H groups in total. The first kappa shape index (κ1) is 15.1. The van der Waals surface area contributed by atoms with Crippen LogP contribution < -0.4 is 0 Å². The molecule has 0 saturated carbocycles. The molecule has 1 aliphatic heterocycles. The van der Waals surface area contributed by atoms with E-state index in [1.54, 1.807) is 0 Å². The standard InChI is InChI=1S/C13H24N2O3/c1-3-12(13(17)18-2)4-5-14-6-8-15(9-7-14)10-11-16/h4,16H,3,5-11H2,1-2H3. The van der Waals surface area contributed by atoms with Crippen molar-refractivity contribution in [3.8, 4) is 0 Å². The number of rotatable bonds is 6. The average Bonchev–Trinajstić information content (AvgIpc) is 2.41. The van der Waals surface area contributed by atoms with Gasteiger partial charge in [-0.1, -0.05) is 13.0 Å². The van der Waals surface area contributed by atoms with Gasteiger partial charge in [-0.3, -0.25) is 9.80 Å². The van der Waals surface area contributed by atoms with Gasteiger partial charge in [0, 0.05) is 44.8 Å². The van der Waals surface area contributed by atoms with Gasteiger partial charge in [0.25, 0.3) is 0 Å². The van der Waals surface area contributed by atoms with Crippen molar-refractivity contribution in [1.82, 2.24) is 9.80 Å². The number of esters is 1. The van der Waals surface area contributed by atoms with Crippen LogP contribution in [0, 0.1) is 0 Å². The van der Waals surface area contributed by atoms with Gasteiger partial charge in [-0.05, 0) is 6.42 Å². The van der Waals surface area contributed by atoms with E-state index in [1.165, 1.54) is 7.11 Å². The number of β-amino-alcohol motifs (C(OH)–C–C–N with tert-alkyl or cyclic N) is 1. The Labute approximate surface area is 109 Å². The molecule has 0 aromatic carbocycles. The summed E-state index contributed by atoms with van der Waals surface area (Å²) in [6.07, 6.45) is 2.67. The molecule has 0 amide bonds. The third-order valence-corrected chi connectivity index (χ3v) is 3.31. The first-order valence-electron chi connectivity index (χ1n) is 6.54. The Kier molecular flexibility index (Phi) is 6.93. The van der Waals surface area contributed by atoms with E-state index < -0.39 is 0 Å². The van der Waals surface area contributed by atoms with E-state index in [0.29, 0.717) is 6.42 Å².